The van der Waals surface area contributed by atoms with Crippen molar-refractivity contribution in [1.82, 2.24) is 4.90 Å². The molecule has 7 heteroatoms. The Morgan fingerprint density at radius 2 is 1.89 bits per heavy atom. The number of nitrogens with zero attached hydrogens (tertiary/aromatic N) is 1. The van der Waals surface area contributed by atoms with Crippen LogP contribution in [-0.2, 0) is 15.1 Å². The van der Waals surface area contributed by atoms with Gasteiger partial charge in [0.15, 0.2) is 0 Å². The van der Waals surface area contributed by atoms with Crippen LogP contribution < -0.4 is 10.5 Å². The van der Waals surface area contributed by atoms with Crippen molar-refractivity contribution in [2.24, 2.45) is 11.7 Å². The zero-order valence-corrected chi connectivity index (χ0v) is 23.1. The summed E-state index contributed by atoms with van der Waals surface area (Å²) in [5.41, 5.74) is 6.97. The number of carbonyl (C=O) groups excluding carboxylic acids is 1. The van der Waals surface area contributed by atoms with E-state index in [0.717, 1.165) is 61.0 Å². The van der Waals surface area contributed by atoms with Gasteiger partial charge >= 0.3 is 0 Å². The molecule has 2 aliphatic rings. The van der Waals surface area contributed by atoms with Crippen molar-refractivity contribution in [3.05, 3.63) is 59.2 Å². The van der Waals surface area contributed by atoms with Gasteiger partial charge in [-0.25, -0.2) is 0 Å². The van der Waals surface area contributed by atoms with Crippen LogP contribution in [0.5, 0.6) is 11.5 Å². The van der Waals surface area contributed by atoms with Crippen LogP contribution >= 0.6 is 0 Å². The maximum atomic E-state index is 12.7. The predicted octanol–water partition coefficient (Wildman–Crippen LogP) is 4.23. The lowest BCUT2D eigenvalue weighted by atomic mass is 9.72. The van der Waals surface area contributed by atoms with Crippen molar-refractivity contribution in [2.75, 3.05) is 26.8 Å². The van der Waals surface area contributed by atoms with Gasteiger partial charge in [-0.05, 0) is 76.1 Å². The fourth-order valence-corrected chi connectivity index (χ4v) is 6.45. The predicted molar refractivity (Wildman–Crippen MR) is 148 cm³/mol. The van der Waals surface area contributed by atoms with E-state index in [9.17, 15) is 15.0 Å². The average molecular weight is 525 g/mol. The maximum absolute atomic E-state index is 12.7. The van der Waals surface area contributed by atoms with Gasteiger partial charge in [-0.3, -0.25) is 4.90 Å². The first-order chi connectivity index (χ1) is 18.2. The summed E-state index contributed by atoms with van der Waals surface area (Å²) in [4.78, 5) is 14.6. The van der Waals surface area contributed by atoms with E-state index in [1.54, 1.807) is 7.11 Å². The van der Waals surface area contributed by atoms with Gasteiger partial charge in [0.25, 0.3) is 0 Å². The van der Waals surface area contributed by atoms with Crippen molar-refractivity contribution >= 4 is 6.29 Å². The number of hydrogen-bond donors (Lipinski definition) is 3. The largest absolute Gasteiger partial charge is 0.456 e. The summed E-state index contributed by atoms with van der Waals surface area (Å²) in [5.74, 6) is 1.34. The van der Waals surface area contributed by atoms with E-state index in [1.165, 1.54) is 0 Å². The van der Waals surface area contributed by atoms with E-state index >= 15 is 0 Å². The highest BCUT2D eigenvalue weighted by atomic mass is 16.5. The number of nitrogens with two attached hydrogens (primary N) is 1. The summed E-state index contributed by atoms with van der Waals surface area (Å²) in [6.45, 7) is 5.96. The first kappa shape index (κ1) is 28.7. The third kappa shape index (κ3) is 5.82. The molecule has 0 bridgehead atoms. The fourth-order valence-electron chi connectivity index (χ4n) is 6.45. The molecule has 1 aliphatic heterocycles. The zero-order valence-electron chi connectivity index (χ0n) is 23.1. The minimum Gasteiger partial charge on any atom is -0.456 e. The lowest BCUT2D eigenvalue weighted by molar-refractivity contribution is -0.125. The molecule has 0 spiro atoms. The second kappa shape index (κ2) is 12.3. The van der Waals surface area contributed by atoms with E-state index in [-0.39, 0.29) is 5.92 Å². The second-order valence-electron chi connectivity index (χ2n) is 11.3. The number of aryl methyl sites for hydroxylation is 2. The van der Waals surface area contributed by atoms with Crippen LogP contribution in [0.25, 0.3) is 0 Å². The van der Waals surface area contributed by atoms with Crippen molar-refractivity contribution in [3.8, 4) is 11.5 Å². The van der Waals surface area contributed by atoms with Gasteiger partial charge in [-0.15, -0.1) is 0 Å². The number of hydrogen-bond acceptors (Lipinski definition) is 7. The lowest BCUT2D eigenvalue weighted by Crippen LogP contribution is -2.56. The number of para-hydroxylation sites is 2. The highest BCUT2D eigenvalue weighted by molar-refractivity contribution is 5.65. The van der Waals surface area contributed by atoms with E-state index in [0.29, 0.717) is 38.2 Å². The standard InChI is InChI=1S/C31H44N2O5/c1-22-10-4-5-14-28(22)38-29-23(2)11-8-13-25(29)31(36,15-6-7-17-37-3)24-12-9-16-33(20-24)30(21-34)18-26(32)27(35)19-30/h4-5,8,10-11,13-14,21,24,26-27,35-36H,6-7,9,12,15-20,32H2,1-3H3/t24-,26-,27+,30+,31+/m1/s1. The molecule has 4 N–H and O–H groups in total. The van der Waals surface area contributed by atoms with E-state index in [1.807, 2.05) is 56.3 Å². The molecule has 1 aliphatic carbocycles. The van der Waals surface area contributed by atoms with Crippen LogP contribution in [0.4, 0.5) is 0 Å². The summed E-state index contributed by atoms with van der Waals surface area (Å²) in [5, 5.41) is 23.1. The Bertz CT molecular complexity index is 1080. The van der Waals surface area contributed by atoms with Gasteiger partial charge < -0.3 is 30.2 Å². The molecular formula is C31H44N2O5. The Balaban J connectivity index is 1.71. The number of aldehydes is 1. The molecule has 0 radical (unpaired) electrons. The van der Waals surface area contributed by atoms with E-state index in [4.69, 9.17) is 15.2 Å². The van der Waals surface area contributed by atoms with E-state index in [2.05, 4.69) is 4.90 Å². The van der Waals surface area contributed by atoms with Crippen molar-refractivity contribution < 1.29 is 24.5 Å². The Morgan fingerprint density at radius 3 is 2.58 bits per heavy atom. The van der Waals surface area contributed by atoms with Crippen molar-refractivity contribution in [3.63, 3.8) is 0 Å². The van der Waals surface area contributed by atoms with Crippen LogP contribution in [0.3, 0.4) is 0 Å². The topological polar surface area (TPSA) is 105 Å². The number of ether oxygens (including phenoxy) is 2. The molecular weight excluding hydrogens is 480 g/mol. The van der Waals surface area contributed by atoms with Gasteiger partial charge in [-0.2, -0.15) is 0 Å². The second-order valence-corrected chi connectivity index (χ2v) is 11.3. The molecule has 208 valence electrons. The summed E-state index contributed by atoms with van der Waals surface area (Å²) >= 11 is 0. The lowest BCUT2D eigenvalue weighted by Gasteiger charge is -2.48. The van der Waals surface area contributed by atoms with Crippen LogP contribution in [0.15, 0.2) is 42.5 Å². The molecule has 2 aromatic carbocycles. The Labute approximate surface area is 226 Å². The zero-order chi connectivity index (χ0) is 27.3. The summed E-state index contributed by atoms with van der Waals surface area (Å²) < 4.78 is 11.8. The summed E-state index contributed by atoms with van der Waals surface area (Å²) in [7, 11) is 1.69. The van der Waals surface area contributed by atoms with Crippen LogP contribution in [-0.4, -0.2) is 65.9 Å². The quantitative estimate of drug-likeness (QED) is 0.298. The first-order valence-corrected chi connectivity index (χ1v) is 13.9. The minimum absolute atomic E-state index is 0.120. The fraction of sp³-hybridized carbons (Fsp3) is 0.581. The SMILES string of the molecule is COCCCC[C@@](O)(c1cccc(C)c1Oc1ccccc1C)[C@@H]1CCCN([C@@]2(C=O)C[C@@H](N)[C@@H](O)C2)C1. The summed E-state index contributed by atoms with van der Waals surface area (Å²) in [6.07, 6.45) is 4.92. The molecule has 1 saturated carbocycles. The summed E-state index contributed by atoms with van der Waals surface area (Å²) in [6, 6.07) is 13.5. The molecule has 2 fully saturated rings. The molecule has 5 atom stereocenters. The normalized spacial score (nSPS) is 27.7. The molecule has 4 rings (SSSR count). The number of aliphatic hydroxyl groups excluding tert-OH is 1. The number of rotatable bonds is 11. The highest BCUT2D eigenvalue weighted by Gasteiger charge is 2.51. The monoisotopic (exact) mass is 524 g/mol. The molecule has 0 amide bonds. The van der Waals surface area contributed by atoms with Crippen LogP contribution in [0, 0.1) is 19.8 Å². The van der Waals surface area contributed by atoms with Gasteiger partial charge in [0.1, 0.15) is 17.8 Å². The minimum atomic E-state index is -1.17. The molecule has 0 unspecified atom stereocenters. The molecule has 1 saturated heterocycles. The third-order valence-corrected chi connectivity index (χ3v) is 8.73. The van der Waals surface area contributed by atoms with Gasteiger partial charge in [0.2, 0.25) is 0 Å². The van der Waals surface area contributed by atoms with Crippen LogP contribution in [0.1, 0.15) is 61.6 Å². The number of aliphatic hydroxyl groups is 2. The first-order valence-electron chi connectivity index (χ1n) is 13.9. The van der Waals surface area contributed by atoms with Gasteiger partial charge in [0, 0.05) is 44.2 Å². The average Bonchev–Trinajstić information content (AvgIpc) is 3.23. The highest BCUT2D eigenvalue weighted by Crippen LogP contribution is 2.47. The Morgan fingerprint density at radius 1 is 1.13 bits per heavy atom. The molecule has 7 nitrogen and oxygen atoms in total. The Kier molecular flexibility index (Phi) is 9.27. The molecule has 2 aromatic rings. The number of piperidine rings is 1. The number of methoxy groups -OCH3 is 1. The third-order valence-electron chi connectivity index (χ3n) is 8.73. The van der Waals surface area contributed by atoms with Crippen LogP contribution in [0.2, 0.25) is 0 Å². The van der Waals surface area contributed by atoms with Crippen molar-refractivity contribution in [2.45, 2.75) is 82.1 Å². The number of unbranched alkanes of at least 4 members (excludes halogenated alkanes) is 1. The molecule has 0 aromatic heterocycles. The molecule has 1 heterocycles. The number of carbonyl (C=O) groups is 1. The van der Waals surface area contributed by atoms with Gasteiger partial charge in [0.05, 0.1) is 17.2 Å². The van der Waals surface area contributed by atoms with Crippen molar-refractivity contribution in [1.29, 1.82) is 0 Å². The van der Waals surface area contributed by atoms with E-state index < -0.39 is 23.3 Å². The maximum Gasteiger partial charge on any atom is 0.140 e. The number of likely N-dealkylation sites (tertiary alicyclic amines) is 1. The number of benzene rings is 2. The van der Waals surface area contributed by atoms with Gasteiger partial charge in [-0.1, -0.05) is 36.4 Å². The Hall–Kier alpha value is -2.29. The molecule has 38 heavy (non-hydrogen) atoms. The smallest absolute Gasteiger partial charge is 0.140 e.